The Labute approximate surface area is 235 Å². The van der Waals surface area contributed by atoms with Gasteiger partial charge >= 0.3 is 0 Å². The van der Waals surface area contributed by atoms with Crippen molar-refractivity contribution in [3.63, 3.8) is 0 Å². The average Bonchev–Trinajstić information content (AvgIpc) is 3.44. The molecule has 1 aliphatic carbocycles. The number of carbonyl (C=O) groups is 4. The lowest BCUT2D eigenvalue weighted by molar-refractivity contribution is -0.174. The second kappa shape index (κ2) is 15.3. The number of nitrogens with zero attached hydrogens (tertiary/aromatic N) is 3. The van der Waals surface area contributed by atoms with Gasteiger partial charge in [-0.3, -0.25) is 24.4 Å². The molecular weight excluding hydrogens is 518 g/mol. The summed E-state index contributed by atoms with van der Waals surface area (Å²) >= 11 is 1.27. The number of carbonyl (C=O) groups excluding carboxylic acids is 4. The Bertz CT molecular complexity index is 929. The summed E-state index contributed by atoms with van der Waals surface area (Å²) in [4.78, 5) is 57.5. The molecule has 0 bridgehead atoms. The van der Waals surface area contributed by atoms with Gasteiger partial charge < -0.3 is 15.5 Å². The summed E-state index contributed by atoms with van der Waals surface area (Å²) in [6, 6.07) is -1.69. The van der Waals surface area contributed by atoms with Crippen molar-refractivity contribution in [3.05, 3.63) is 11.6 Å². The number of amides is 4. The van der Waals surface area contributed by atoms with Crippen LogP contribution in [0.4, 0.5) is 5.13 Å². The summed E-state index contributed by atoms with van der Waals surface area (Å²) in [5.74, 6) is -0.804. The van der Waals surface area contributed by atoms with Crippen LogP contribution in [0.15, 0.2) is 11.6 Å². The highest BCUT2D eigenvalue weighted by atomic mass is 32.1. The summed E-state index contributed by atoms with van der Waals surface area (Å²) in [5.41, 5.74) is 0. The predicted octanol–water partition coefficient (Wildman–Crippen LogP) is 4.06. The van der Waals surface area contributed by atoms with Crippen LogP contribution in [0.3, 0.4) is 0 Å². The zero-order chi connectivity index (χ0) is 28.4. The third-order valence-corrected chi connectivity index (χ3v) is 8.91. The van der Waals surface area contributed by atoms with Gasteiger partial charge in [0.2, 0.25) is 24.1 Å². The maximum Gasteiger partial charge on any atom is 0.248 e. The van der Waals surface area contributed by atoms with Gasteiger partial charge in [0, 0.05) is 31.1 Å². The summed E-state index contributed by atoms with van der Waals surface area (Å²) in [6.07, 6.45) is 9.92. The lowest BCUT2D eigenvalue weighted by Gasteiger charge is -2.37. The first-order valence-electron chi connectivity index (χ1n) is 14.4. The van der Waals surface area contributed by atoms with Crippen molar-refractivity contribution in [1.82, 2.24) is 20.3 Å². The highest BCUT2D eigenvalue weighted by molar-refractivity contribution is 7.13. The molecule has 11 heteroatoms. The van der Waals surface area contributed by atoms with Crippen LogP contribution in [0.2, 0.25) is 0 Å². The molecule has 3 N–H and O–H groups in total. The molecule has 2 fully saturated rings. The zero-order valence-electron chi connectivity index (χ0n) is 23.5. The lowest BCUT2D eigenvalue weighted by Crippen LogP contribution is -2.53. The molecule has 2 heterocycles. The Morgan fingerprint density at radius 3 is 2.44 bits per heavy atom. The van der Waals surface area contributed by atoms with Crippen molar-refractivity contribution in [2.75, 3.05) is 18.4 Å². The van der Waals surface area contributed by atoms with Gasteiger partial charge in [0.05, 0.1) is 12.0 Å². The summed E-state index contributed by atoms with van der Waals surface area (Å²) in [6.45, 7) is 7.40. The molecule has 1 aromatic heterocycles. The average molecular weight is 564 g/mol. The molecule has 0 unspecified atom stereocenters. The number of aromatic nitrogens is 1. The number of hydrogen-bond acceptors (Lipinski definition) is 7. The van der Waals surface area contributed by atoms with E-state index in [2.05, 4.69) is 22.5 Å². The van der Waals surface area contributed by atoms with Crippen molar-refractivity contribution in [3.8, 4) is 0 Å². The number of thiazole rings is 1. The van der Waals surface area contributed by atoms with Crippen molar-refractivity contribution in [1.29, 1.82) is 0 Å². The fourth-order valence-corrected chi connectivity index (χ4v) is 6.48. The first-order valence-corrected chi connectivity index (χ1v) is 15.3. The molecule has 0 spiro atoms. The SMILES string of the molecule is CC1CCC(C[C@@H](C(=O)N[C@@H](CCC(=O)N2CCCCC2)C(=O)Nc2nccs2)[C@H](C(C)C)N(O)C=O)CC1. The van der Waals surface area contributed by atoms with Crippen LogP contribution in [0, 0.1) is 23.7 Å². The minimum Gasteiger partial charge on any atom is -0.344 e. The van der Waals surface area contributed by atoms with Gasteiger partial charge in [0.15, 0.2) is 5.13 Å². The number of hydroxylamine groups is 2. The maximum atomic E-state index is 13.9. The van der Waals surface area contributed by atoms with Gasteiger partial charge in [-0.2, -0.15) is 0 Å². The van der Waals surface area contributed by atoms with E-state index in [4.69, 9.17) is 0 Å². The standard InChI is InChI=1S/C28H45N5O5S/c1-19(2)25(33(38)18-34)22(17-21-9-7-20(3)8-10-21)26(36)30-23(27(37)31-28-29-13-16-39-28)11-12-24(35)32-14-5-4-6-15-32/h13,16,18-23,25,38H,4-12,14-15,17H2,1-3H3,(H,30,36)(H,29,31,37)/t20?,21?,22-,23+,25+/m1/s1. The fourth-order valence-electron chi connectivity index (χ4n) is 5.94. The first-order chi connectivity index (χ1) is 18.7. The number of piperidine rings is 1. The van der Waals surface area contributed by atoms with Crippen LogP contribution in [-0.4, -0.2) is 69.5 Å². The van der Waals surface area contributed by atoms with E-state index in [1.165, 1.54) is 11.3 Å². The Morgan fingerprint density at radius 1 is 1.15 bits per heavy atom. The normalized spacial score (nSPS) is 22.0. The number of rotatable bonds is 13. The highest BCUT2D eigenvalue weighted by Gasteiger charge is 2.38. The number of nitrogens with one attached hydrogen (secondary N) is 2. The van der Waals surface area contributed by atoms with Crippen LogP contribution < -0.4 is 10.6 Å². The quantitative estimate of drug-likeness (QED) is 0.188. The van der Waals surface area contributed by atoms with E-state index in [0.717, 1.165) is 58.0 Å². The molecule has 1 saturated carbocycles. The number of likely N-dealkylation sites (tertiary alicyclic amines) is 1. The summed E-state index contributed by atoms with van der Waals surface area (Å²) in [7, 11) is 0. The van der Waals surface area contributed by atoms with Crippen LogP contribution in [0.5, 0.6) is 0 Å². The minimum absolute atomic E-state index is 0.0218. The second-order valence-electron chi connectivity index (χ2n) is 11.6. The Balaban J connectivity index is 1.78. The molecular formula is C28H45N5O5S. The second-order valence-corrected chi connectivity index (χ2v) is 12.5. The van der Waals surface area contributed by atoms with Gasteiger partial charge in [-0.15, -0.1) is 11.3 Å². The van der Waals surface area contributed by atoms with E-state index < -0.39 is 29.8 Å². The fraction of sp³-hybridized carbons (Fsp3) is 0.750. The summed E-state index contributed by atoms with van der Waals surface area (Å²) < 4.78 is 0. The van der Waals surface area contributed by atoms with Gasteiger partial charge in [-0.25, -0.2) is 10.0 Å². The predicted molar refractivity (Wildman–Crippen MR) is 150 cm³/mol. The van der Waals surface area contributed by atoms with Gasteiger partial charge in [0.1, 0.15) is 6.04 Å². The third kappa shape index (κ3) is 9.27. The van der Waals surface area contributed by atoms with E-state index in [0.29, 0.717) is 34.9 Å². The van der Waals surface area contributed by atoms with Gasteiger partial charge in [0.25, 0.3) is 0 Å². The minimum atomic E-state index is -0.958. The maximum absolute atomic E-state index is 13.9. The lowest BCUT2D eigenvalue weighted by atomic mass is 9.75. The van der Waals surface area contributed by atoms with E-state index in [1.807, 2.05) is 18.7 Å². The molecule has 4 amide bonds. The molecule has 218 valence electrons. The van der Waals surface area contributed by atoms with Crippen LogP contribution in [-0.2, 0) is 19.2 Å². The molecule has 1 saturated heterocycles. The van der Waals surface area contributed by atoms with Crippen LogP contribution in [0.25, 0.3) is 0 Å². The Hall–Kier alpha value is -2.53. The van der Waals surface area contributed by atoms with E-state index >= 15 is 0 Å². The van der Waals surface area contributed by atoms with Crippen molar-refractivity contribution < 1.29 is 24.4 Å². The molecule has 10 nitrogen and oxygen atoms in total. The van der Waals surface area contributed by atoms with E-state index in [1.54, 1.807) is 11.6 Å². The molecule has 2 aliphatic rings. The molecule has 0 radical (unpaired) electrons. The molecule has 3 rings (SSSR count). The van der Waals surface area contributed by atoms with Crippen LogP contribution in [0.1, 0.15) is 85.0 Å². The smallest absolute Gasteiger partial charge is 0.248 e. The topological polar surface area (TPSA) is 132 Å². The first kappa shape index (κ1) is 31.0. The van der Waals surface area contributed by atoms with Crippen molar-refractivity contribution in [2.24, 2.45) is 23.7 Å². The molecule has 39 heavy (non-hydrogen) atoms. The van der Waals surface area contributed by atoms with E-state index in [-0.39, 0.29) is 24.7 Å². The highest BCUT2D eigenvalue weighted by Crippen LogP contribution is 2.35. The van der Waals surface area contributed by atoms with Crippen LogP contribution >= 0.6 is 11.3 Å². The largest absolute Gasteiger partial charge is 0.344 e. The molecule has 0 aromatic carbocycles. The zero-order valence-corrected chi connectivity index (χ0v) is 24.3. The third-order valence-electron chi connectivity index (χ3n) is 8.22. The molecule has 1 aromatic rings. The molecule has 3 atom stereocenters. The Kier molecular flexibility index (Phi) is 12.2. The monoisotopic (exact) mass is 563 g/mol. The van der Waals surface area contributed by atoms with Gasteiger partial charge in [-0.05, 0) is 49.9 Å². The molecule has 1 aliphatic heterocycles. The van der Waals surface area contributed by atoms with Crippen molar-refractivity contribution in [2.45, 2.75) is 97.1 Å². The van der Waals surface area contributed by atoms with Crippen molar-refractivity contribution >= 4 is 40.6 Å². The van der Waals surface area contributed by atoms with Gasteiger partial charge in [-0.1, -0.05) is 46.5 Å². The number of anilines is 1. The Morgan fingerprint density at radius 2 is 1.85 bits per heavy atom. The number of hydrogen-bond donors (Lipinski definition) is 3. The summed E-state index contributed by atoms with van der Waals surface area (Å²) in [5, 5.41) is 18.9. The van der Waals surface area contributed by atoms with E-state index in [9.17, 15) is 24.4 Å².